The van der Waals surface area contributed by atoms with Gasteiger partial charge in [0.05, 0.1) is 16.7 Å². The molecule has 0 aliphatic carbocycles. The third kappa shape index (κ3) is 5.16. The van der Waals surface area contributed by atoms with Crippen molar-refractivity contribution in [3.05, 3.63) is 63.6 Å². The van der Waals surface area contributed by atoms with Crippen LogP contribution in [-0.4, -0.2) is 44.2 Å². The summed E-state index contributed by atoms with van der Waals surface area (Å²) in [6.07, 6.45) is 2.07. The van der Waals surface area contributed by atoms with E-state index in [0.29, 0.717) is 28.7 Å². The summed E-state index contributed by atoms with van der Waals surface area (Å²) in [7, 11) is 4.01. The number of carbonyl (C=O) groups excluding carboxylic acids is 1. The fraction of sp³-hybridized carbons (Fsp3) is 0.381. The third-order valence-corrected chi connectivity index (χ3v) is 5.27. The Kier molecular flexibility index (Phi) is 6.64. The Morgan fingerprint density at radius 2 is 1.89 bits per heavy atom. The maximum Gasteiger partial charge on any atom is 0.255 e. The highest BCUT2D eigenvalue weighted by Gasteiger charge is 2.25. The van der Waals surface area contributed by atoms with Crippen molar-refractivity contribution in [1.82, 2.24) is 4.90 Å². The van der Waals surface area contributed by atoms with Crippen LogP contribution in [0.3, 0.4) is 0 Å². The normalized spacial score (nSPS) is 16.4. The number of hydrogen-bond acceptors (Lipinski definition) is 3. The predicted molar refractivity (Wildman–Crippen MR) is 111 cm³/mol. The molecule has 4 nitrogen and oxygen atoms in total. The lowest BCUT2D eigenvalue weighted by Gasteiger charge is -2.26. The first kappa shape index (κ1) is 20.0. The number of carbonyl (C=O) groups is 1. The molecule has 1 aliphatic rings. The van der Waals surface area contributed by atoms with Crippen LogP contribution in [0.25, 0.3) is 0 Å². The number of ether oxygens (including phenoxy) is 1. The van der Waals surface area contributed by atoms with Gasteiger partial charge in [0.1, 0.15) is 0 Å². The van der Waals surface area contributed by atoms with Gasteiger partial charge in [-0.1, -0.05) is 35.3 Å². The van der Waals surface area contributed by atoms with Crippen LogP contribution >= 0.6 is 23.2 Å². The maximum atomic E-state index is 13.2. The first-order valence-corrected chi connectivity index (χ1v) is 9.82. The summed E-state index contributed by atoms with van der Waals surface area (Å²) >= 11 is 12.3. The zero-order valence-electron chi connectivity index (χ0n) is 15.6. The Morgan fingerprint density at radius 3 is 2.48 bits per heavy atom. The van der Waals surface area contributed by atoms with E-state index in [9.17, 15) is 4.79 Å². The first-order chi connectivity index (χ1) is 12.9. The van der Waals surface area contributed by atoms with Crippen molar-refractivity contribution in [2.45, 2.75) is 25.5 Å². The number of nitrogens with zero attached hydrogens (tertiary/aromatic N) is 2. The van der Waals surface area contributed by atoms with Gasteiger partial charge in [-0.15, -0.1) is 0 Å². The van der Waals surface area contributed by atoms with E-state index < -0.39 is 0 Å². The monoisotopic (exact) mass is 406 g/mol. The van der Waals surface area contributed by atoms with Crippen LogP contribution in [0.1, 0.15) is 28.8 Å². The summed E-state index contributed by atoms with van der Waals surface area (Å²) in [5.41, 5.74) is 2.65. The Labute approximate surface area is 170 Å². The molecule has 1 fully saturated rings. The van der Waals surface area contributed by atoms with Crippen LogP contribution in [-0.2, 0) is 11.3 Å². The molecule has 1 atom stereocenters. The van der Waals surface area contributed by atoms with E-state index in [1.807, 2.05) is 23.9 Å². The highest BCUT2D eigenvalue weighted by atomic mass is 35.5. The largest absolute Gasteiger partial charge is 0.378 e. The van der Waals surface area contributed by atoms with E-state index in [0.717, 1.165) is 30.7 Å². The van der Waals surface area contributed by atoms with Gasteiger partial charge in [0.25, 0.3) is 5.91 Å². The Bertz CT molecular complexity index is 787. The van der Waals surface area contributed by atoms with Gasteiger partial charge in [-0.25, -0.2) is 0 Å². The summed E-state index contributed by atoms with van der Waals surface area (Å²) < 4.78 is 5.75. The molecule has 0 saturated carbocycles. The molecule has 1 aliphatic heterocycles. The maximum absolute atomic E-state index is 13.2. The van der Waals surface area contributed by atoms with Crippen LogP contribution in [0.5, 0.6) is 0 Å². The zero-order valence-corrected chi connectivity index (χ0v) is 17.1. The minimum Gasteiger partial charge on any atom is -0.378 e. The Hall–Kier alpha value is -1.75. The Balaban J connectivity index is 1.82. The van der Waals surface area contributed by atoms with Crippen molar-refractivity contribution >= 4 is 34.8 Å². The molecule has 0 spiro atoms. The summed E-state index contributed by atoms with van der Waals surface area (Å²) in [5, 5.41) is 0.884. The lowest BCUT2D eigenvalue weighted by Crippen LogP contribution is -2.37. The lowest BCUT2D eigenvalue weighted by molar-refractivity contribution is 0.0507. The number of halogens is 2. The molecule has 1 heterocycles. The SMILES string of the molecule is CN(C)c1ccc(CN(CC2CCCO2)C(=O)c2ccc(Cl)cc2Cl)cc1. The molecule has 1 amide bonds. The van der Waals surface area contributed by atoms with Gasteiger partial charge in [0.15, 0.2) is 0 Å². The van der Waals surface area contributed by atoms with Crippen molar-refractivity contribution in [3.63, 3.8) is 0 Å². The summed E-state index contributed by atoms with van der Waals surface area (Å²) in [6, 6.07) is 13.2. The summed E-state index contributed by atoms with van der Waals surface area (Å²) in [6.45, 7) is 1.81. The molecule has 0 N–H and O–H groups in total. The smallest absolute Gasteiger partial charge is 0.255 e. The molecular formula is C21H24Cl2N2O2. The lowest BCUT2D eigenvalue weighted by atomic mass is 10.1. The van der Waals surface area contributed by atoms with Crippen molar-refractivity contribution in [2.75, 3.05) is 32.1 Å². The molecule has 27 heavy (non-hydrogen) atoms. The van der Waals surface area contributed by atoms with Gasteiger partial charge in [-0.05, 0) is 48.7 Å². The van der Waals surface area contributed by atoms with Crippen molar-refractivity contribution in [1.29, 1.82) is 0 Å². The molecule has 2 aromatic rings. The molecular weight excluding hydrogens is 383 g/mol. The summed E-state index contributed by atoms with van der Waals surface area (Å²) in [5.74, 6) is -0.108. The van der Waals surface area contributed by atoms with E-state index in [4.69, 9.17) is 27.9 Å². The minimum atomic E-state index is -0.108. The highest BCUT2D eigenvalue weighted by Crippen LogP contribution is 2.24. The number of amides is 1. The molecule has 1 saturated heterocycles. The average Bonchev–Trinajstić information content (AvgIpc) is 3.14. The van der Waals surface area contributed by atoms with Gasteiger partial charge in [0.2, 0.25) is 0 Å². The topological polar surface area (TPSA) is 32.8 Å². The molecule has 0 radical (unpaired) electrons. The van der Waals surface area contributed by atoms with Gasteiger partial charge < -0.3 is 14.5 Å². The fourth-order valence-electron chi connectivity index (χ4n) is 3.21. The van der Waals surface area contributed by atoms with Crippen LogP contribution < -0.4 is 4.90 Å². The number of hydrogen-bond donors (Lipinski definition) is 0. The number of anilines is 1. The van der Waals surface area contributed by atoms with Gasteiger partial charge in [0, 0.05) is 44.5 Å². The highest BCUT2D eigenvalue weighted by molar-refractivity contribution is 6.36. The fourth-order valence-corrected chi connectivity index (χ4v) is 3.70. The molecule has 0 bridgehead atoms. The molecule has 0 aromatic heterocycles. The number of benzene rings is 2. The number of rotatable bonds is 6. The van der Waals surface area contributed by atoms with E-state index in [-0.39, 0.29) is 12.0 Å². The molecule has 6 heteroatoms. The quantitative estimate of drug-likeness (QED) is 0.684. The molecule has 1 unspecified atom stereocenters. The van der Waals surface area contributed by atoms with E-state index >= 15 is 0 Å². The second kappa shape index (κ2) is 8.96. The second-order valence-corrected chi connectivity index (χ2v) is 7.85. The van der Waals surface area contributed by atoms with E-state index in [1.54, 1.807) is 18.2 Å². The van der Waals surface area contributed by atoms with Crippen molar-refractivity contribution in [3.8, 4) is 0 Å². The predicted octanol–water partition coefficient (Wildman–Crippen LogP) is 4.88. The zero-order chi connectivity index (χ0) is 19.4. The van der Waals surface area contributed by atoms with Gasteiger partial charge in [-0.2, -0.15) is 0 Å². The molecule has 144 valence electrons. The van der Waals surface area contributed by atoms with Crippen LogP contribution in [0, 0.1) is 0 Å². The van der Waals surface area contributed by atoms with Crippen molar-refractivity contribution < 1.29 is 9.53 Å². The third-order valence-electron chi connectivity index (χ3n) is 4.72. The van der Waals surface area contributed by atoms with E-state index in [1.165, 1.54) is 0 Å². The van der Waals surface area contributed by atoms with Crippen LogP contribution in [0.4, 0.5) is 5.69 Å². The second-order valence-electron chi connectivity index (χ2n) is 7.01. The van der Waals surface area contributed by atoms with Crippen molar-refractivity contribution in [2.24, 2.45) is 0 Å². The standard InChI is InChI=1S/C21H24Cl2N2O2/c1-24(2)17-8-5-15(6-9-17)13-25(14-18-4-3-11-27-18)21(26)19-10-7-16(22)12-20(19)23/h5-10,12,18H,3-4,11,13-14H2,1-2H3. The van der Waals surface area contributed by atoms with Gasteiger partial charge >= 0.3 is 0 Å². The molecule has 2 aromatic carbocycles. The Morgan fingerprint density at radius 1 is 1.15 bits per heavy atom. The summed E-state index contributed by atoms with van der Waals surface area (Å²) in [4.78, 5) is 17.0. The first-order valence-electron chi connectivity index (χ1n) is 9.06. The minimum absolute atomic E-state index is 0.0704. The van der Waals surface area contributed by atoms with Crippen LogP contribution in [0.15, 0.2) is 42.5 Å². The average molecular weight is 407 g/mol. The van der Waals surface area contributed by atoms with Gasteiger partial charge in [-0.3, -0.25) is 4.79 Å². The molecule has 3 rings (SSSR count). The van der Waals surface area contributed by atoms with E-state index in [2.05, 4.69) is 24.3 Å². The van der Waals surface area contributed by atoms with Crippen LogP contribution in [0.2, 0.25) is 10.0 Å².